The molecule has 5 heteroatoms. The van der Waals surface area contributed by atoms with Gasteiger partial charge in [0, 0.05) is 17.2 Å². The third-order valence-electron chi connectivity index (χ3n) is 4.79. The molecule has 2 aromatic carbocycles. The van der Waals surface area contributed by atoms with Gasteiger partial charge >= 0.3 is 0 Å². The van der Waals surface area contributed by atoms with Crippen LogP contribution in [0.15, 0.2) is 53.7 Å². The Bertz CT molecular complexity index is 893. The van der Waals surface area contributed by atoms with Gasteiger partial charge in [0.1, 0.15) is 11.6 Å². The molecule has 1 fully saturated rings. The van der Waals surface area contributed by atoms with Gasteiger partial charge in [-0.3, -0.25) is 0 Å². The van der Waals surface area contributed by atoms with Gasteiger partial charge in [-0.15, -0.1) is 0 Å². The molecule has 0 bridgehead atoms. The van der Waals surface area contributed by atoms with Crippen molar-refractivity contribution >= 4 is 28.5 Å². The van der Waals surface area contributed by atoms with Gasteiger partial charge in [-0.1, -0.05) is 55.3 Å². The SMILES string of the molecule is Fc1cccc(CSc2nc(NC3CCCCC3)c3ccccc3n2)c1. The van der Waals surface area contributed by atoms with Crippen LogP contribution < -0.4 is 5.32 Å². The summed E-state index contributed by atoms with van der Waals surface area (Å²) in [5, 5.41) is 5.44. The number of hydrogen-bond acceptors (Lipinski definition) is 4. The summed E-state index contributed by atoms with van der Waals surface area (Å²) >= 11 is 1.54. The number of rotatable bonds is 5. The molecule has 1 aromatic heterocycles. The van der Waals surface area contributed by atoms with E-state index in [2.05, 4.69) is 16.4 Å². The van der Waals surface area contributed by atoms with E-state index in [1.807, 2.05) is 24.3 Å². The Labute approximate surface area is 157 Å². The molecular weight excluding hydrogens is 345 g/mol. The van der Waals surface area contributed by atoms with Gasteiger partial charge in [0.25, 0.3) is 0 Å². The molecule has 1 aliphatic carbocycles. The Balaban J connectivity index is 1.58. The number of aromatic nitrogens is 2. The minimum absolute atomic E-state index is 0.206. The lowest BCUT2D eigenvalue weighted by Crippen LogP contribution is -2.23. The van der Waals surface area contributed by atoms with Crippen LogP contribution in [-0.4, -0.2) is 16.0 Å². The number of fused-ring (bicyclic) bond motifs is 1. The van der Waals surface area contributed by atoms with Gasteiger partial charge in [0.2, 0.25) is 0 Å². The number of thioether (sulfide) groups is 1. The van der Waals surface area contributed by atoms with Crippen LogP contribution in [0, 0.1) is 5.82 Å². The van der Waals surface area contributed by atoms with Crippen LogP contribution in [0.3, 0.4) is 0 Å². The molecule has 1 N–H and O–H groups in total. The molecule has 1 aliphatic rings. The molecule has 1 saturated carbocycles. The molecule has 0 spiro atoms. The molecule has 0 atom stereocenters. The van der Waals surface area contributed by atoms with E-state index < -0.39 is 0 Å². The molecule has 0 amide bonds. The van der Waals surface area contributed by atoms with Crippen LogP contribution in [0.25, 0.3) is 10.9 Å². The van der Waals surface area contributed by atoms with Crippen LogP contribution >= 0.6 is 11.8 Å². The lowest BCUT2D eigenvalue weighted by atomic mass is 9.95. The number of anilines is 1. The second-order valence-electron chi connectivity index (χ2n) is 6.77. The van der Waals surface area contributed by atoms with Crippen molar-refractivity contribution in [3.63, 3.8) is 0 Å². The molecule has 0 unspecified atom stereocenters. The molecule has 0 radical (unpaired) electrons. The number of benzene rings is 2. The van der Waals surface area contributed by atoms with Crippen molar-refractivity contribution in [2.45, 2.75) is 49.1 Å². The van der Waals surface area contributed by atoms with Crippen molar-refractivity contribution in [1.82, 2.24) is 9.97 Å². The summed E-state index contributed by atoms with van der Waals surface area (Å²) in [6.45, 7) is 0. The number of nitrogens with zero attached hydrogens (tertiary/aromatic N) is 2. The van der Waals surface area contributed by atoms with Crippen LogP contribution in [0.1, 0.15) is 37.7 Å². The van der Waals surface area contributed by atoms with Gasteiger partial charge in [-0.2, -0.15) is 0 Å². The zero-order chi connectivity index (χ0) is 17.8. The van der Waals surface area contributed by atoms with Gasteiger partial charge in [-0.25, -0.2) is 14.4 Å². The van der Waals surface area contributed by atoms with E-state index in [0.717, 1.165) is 27.4 Å². The molecule has 134 valence electrons. The summed E-state index contributed by atoms with van der Waals surface area (Å²) < 4.78 is 13.4. The second kappa shape index (κ2) is 8.04. The Hall–Kier alpha value is -2.14. The average Bonchev–Trinajstić information content (AvgIpc) is 2.67. The second-order valence-corrected chi connectivity index (χ2v) is 7.71. The predicted octanol–water partition coefficient (Wildman–Crippen LogP) is 5.81. The van der Waals surface area contributed by atoms with Crippen LogP contribution in [0.4, 0.5) is 10.2 Å². The zero-order valence-electron chi connectivity index (χ0n) is 14.6. The highest BCUT2D eigenvalue weighted by Gasteiger charge is 2.16. The van der Waals surface area contributed by atoms with E-state index in [1.54, 1.807) is 23.9 Å². The summed E-state index contributed by atoms with van der Waals surface area (Å²) in [6.07, 6.45) is 6.29. The van der Waals surface area contributed by atoms with E-state index in [4.69, 9.17) is 4.98 Å². The van der Waals surface area contributed by atoms with Crippen LogP contribution in [0.5, 0.6) is 0 Å². The predicted molar refractivity (Wildman–Crippen MR) is 106 cm³/mol. The quantitative estimate of drug-likeness (QED) is 0.456. The molecule has 3 aromatic rings. The van der Waals surface area contributed by atoms with Gasteiger partial charge < -0.3 is 5.32 Å². The topological polar surface area (TPSA) is 37.8 Å². The maximum absolute atomic E-state index is 13.4. The van der Waals surface area contributed by atoms with Crippen molar-refractivity contribution in [3.05, 3.63) is 59.9 Å². The number of hydrogen-bond donors (Lipinski definition) is 1. The third kappa shape index (κ3) is 4.15. The first-order valence-electron chi connectivity index (χ1n) is 9.18. The number of para-hydroxylation sites is 1. The number of halogens is 1. The minimum atomic E-state index is -0.206. The summed E-state index contributed by atoms with van der Waals surface area (Å²) in [6, 6.07) is 15.3. The molecule has 4 rings (SSSR count). The fourth-order valence-corrected chi connectivity index (χ4v) is 4.24. The van der Waals surface area contributed by atoms with E-state index in [0.29, 0.717) is 11.8 Å². The van der Waals surface area contributed by atoms with E-state index in [-0.39, 0.29) is 5.82 Å². The number of nitrogens with one attached hydrogen (secondary N) is 1. The molecular formula is C21H22FN3S. The molecule has 1 heterocycles. The standard InChI is InChI=1S/C21H22FN3S/c22-16-8-6-7-15(13-16)14-26-21-24-19-12-5-4-11-18(19)20(25-21)23-17-9-2-1-3-10-17/h4-8,11-13,17H,1-3,9-10,14H2,(H,23,24,25). The van der Waals surface area contributed by atoms with Gasteiger partial charge in [-0.05, 0) is 42.7 Å². The summed E-state index contributed by atoms with van der Waals surface area (Å²) in [5.74, 6) is 1.37. The highest BCUT2D eigenvalue weighted by molar-refractivity contribution is 7.98. The highest BCUT2D eigenvalue weighted by atomic mass is 32.2. The zero-order valence-corrected chi connectivity index (χ0v) is 15.4. The van der Waals surface area contributed by atoms with E-state index >= 15 is 0 Å². The van der Waals surface area contributed by atoms with Crippen molar-refractivity contribution in [1.29, 1.82) is 0 Å². The fraction of sp³-hybridized carbons (Fsp3) is 0.333. The van der Waals surface area contributed by atoms with Crippen LogP contribution in [0.2, 0.25) is 0 Å². The van der Waals surface area contributed by atoms with Crippen molar-refractivity contribution in [3.8, 4) is 0 Å². The molecule has 3 nitrogen and oxygen atoms in total. The monoisotopic (exact) mass is 367 g/mol. The Morgan fingerprint density at radius 3 is 2.69 bits per heavy atom. The molecule has 0 saturated heterocycles. The Morgan fingerprint density at radius 2 is 1.85 bits per heavy atom. The molecule has 0 aliphatic heterocycles. The van der Waals surface area contributed by atoms with E-state index in [9.17, 15) is 4.39 Å². The summed E-state index contributed by atoms with van der Waals surface area (Å²) in [4.78, 5) is 9.46. The fourth-order valence-electron chi connectivity index (χ4n) is 3.44. The Morgan fingerprint density at radius 1 is 1.00 bits per heavy atom. The maximum atomic E-state index is 13.4. The maximum Gasteiger partial charge on any atom is 0.190 e. The van der Waals surface area contributed by atoms with Crippen molar-refractivity contribution in [2.75, 3.05) is 5.32 Å². The lowest BCUT2D eigenvalue weighted by molar-refractivity contribution is 0.462. The first kappa shape index (κ1) is 17.3. The smallest absolute Gasteiger partial charge is 0.190 e. The van der Waals surface area contributed by atoms with Gasteiger partial charge in [0.15, 0.2) is 5.16 Å². The third-order valence-corrected chi connectivity index (χ3v) is 5.70. The average molecular weight is 367 g/mol. The van der Waals surface area contributed by atoms with Crippen molar-refractivity contribution < 1.29 is 4.39 Å². The first-order valence-corrected chi connectivity index (χ1v) is 10.2. The largest absolute Gasteiger partial charge is 0.367 e. The summed E-state index contributed by atoms with van der Waals surface area (Å²) in [7, 11) is 0. The summed E-state index contributed by atoms with van der Waals surface area (Å²) in [5.41, 5.74) is 1.89. The van der Waals surface area contributed by atoms with Crippen LogP contribution in [-0.2, 0) is 5.75 Å². The minimum Gasteiger partial charge on any atom is -0.367 e. The normalized spacial score (nSPS) is 15.3. The van der Waals surface area contributed by atoms with Crippen molar-refractivity contribution in [2.24, 2.45) is 0 Å². The lowest BCUT2D eigenvalue weighted by Gasteiger charge is -2.24. The highest BCUT2D eigenvalue weighted by Crippen LogP contribution is 2.29. The molecule has 26 heavy (non-hydrogen) atoms. The van der Waals surface area contributed by atoms with E-state index in [1.165, 1.54) is 38.2 Å². The Kier molecular flexibility index (Phi) is 5.34. The van der Waals surface area contributed by atoms with Gasteiger partial charge in [0.05, 0.1) is 5.52 Å². The first-order chi connectivity index (χ1) is 12.8.